The minimum Gasteiger partial charge on any atom is -0.490 e. The first kappa shape index (κ1) is 11.0. The van der Waals surface area contributed by atoms with E-state index < -0.39 is 4.92 Å². The molecule has 5 heteroatoms. The number of hydrogen-bond acceptors (Lipinski definition) is 4. The van der Waals surface area contributed by atoms with E-state index in [0.717, 1.165) is 5.69 Å². The van der Waals surface area contributed by atoms with Gasteiger partial charge in [-0.25, -0.2) is 0 Å². The van der Waals surface area contributed by atoms with Gasteiger partial charge in [0.2, 0.25) is 0 Å². The lowest BCUT2D eigenvalue weighted by atomic mass is 10.2. The fourth-order valence-electron chi connectivity index (χ4n) is 1.13. The van der Waals surface area contributed by atoms with Gasteiger partial charge in [-0.3, -0.25) is 10.1 Å². The molecule has 0 aliphatic carbocycles. The second kappa shape index (κ2) is 4.99. The molecular formula is C10H12N2O3. The molecule has 80 valence electrons. The molecular weight excluding hydrogens is 196 g/mol. The predicted molar refractivity (Wildman–Crippen MR) is 58.3 cm³/mol. The Hall–Kier alpha value is -2.04. The van der Waals surface area contributed by atoms with Gasteiger partial charge in [0.05, 0.1) is 12.0 Å². The number of benzene rings is 1. The summed E-state index contributed by atoms with van der Waals surface area (Å²) in [5, 5.41) is 13.6. The summed E-state index contributed by atoms with van der Waals surface area (Å²) in [6.07, 6.45) is 1.70. The van der Waals surface area contributed by atoms with E-state index in [-0.39, 0.29) is 11.4 Å². The fraction of sp³-hybridized carbons (Fsp3) is 0.200. The van der Waals surface area contributed by atoms with Crippen molar-refractivity contribution in [1.82, 2.24) is 0 Å². The van der Waals surface area contributed by atoms with Crippen LogP contribution in [0.2, 0.25) is 0 Å². The summed E-state index contributed by atoms with van der Waals surface area (Å²) >= 11 is 0. The summed E-state index contributed by atoms with van der Waals surface area (Å²) in [6.45, 7) is 4.16. The van der Waals surface area contributed by atoms with Gasteiger partial charge in [0.15, 0.2) is 5.75 Å². The van der Waals surface area contributed by atoms with Gasteiger partial charge in [0.25, 0.3) is 0 Å². The molecule has 0 fully saturated rings. The van der Waals surface area contributed by atoms with E-state index in [0.29, 0.717) is 6.54 Å². The fourth-order valence-corrected chi connectivity index (χ4v) is 1.13. The monoisotopic (exact) mass is 208 g/mol. The standard InChI is InChI=1S/C10H12N2O3/c1-3-6-11-8-4-5-9(12(13)14)10(7-8)15-2/h3-5,7,11H,1,6H2,2H3. The lowest BCUT2D eigenvalue weighted by molar-refractivity contribution is -0.385. The first-order chi connectivity index (χ1) is 7.19. The van der Waals surface area contributed by atoms with E-state index in [9.17, 15) is 10.1 Å². The van der Waals surface area contributed by atoms with E-state index >= 15 is 0 Å². The SMILES string of the molecule is C=CCNc1ccc([N+](=O)[O-])c(OC)c1. The number of nitrogens with one attached hydrogen (secondary N) is 1. The normalized spacial score (nSPS) is 9.40. The zero-order valence-corrected chi connectivity index (χ0v) is 8.40. The van der Waals surface area contributed by atoms with Gasteiger partial charge in [0, 0.05) is 24.4 Å². The Balaban J connectivity index is 2.96. The summed E-state index contributed by atoms with van der Waals surface area (Å²) in [4.78, 5) is 10.1. The molecule has 0 heterocycles. The average Bonchev–Trinajstić information content (AvgIpc) is 2.25. The van der Waals surface area contributed by atoms with Crippen molar-refractivity contribution in [2.75, 3.05) is 19.0 Å². The maximum Gasteiger partial charge on any atom is 0.311 e. The number of nitro groups is 1. The van der Waals surface area contributed by atoms with Crippen molar-refractivity contribution in [3.8, 4) is 5.75 Å². The predicted octanol–water partition coefficient (Wildman–Crippen LogP) is 2.20. The molecule has 0 bridgehead atoms. The number of anilines is 1. The van der Waals surface area contributed by atoms with Crippen molar-refractivity contribution in [3.05, 3.63) is 41.0 Å². The lowest BCUT2D eigenvalue weighted by Gasteiger charge is -2.06. The van der Waals surface area contributed by atoms with Crippen molar-refractivity contribution in [2.24, 2.45) is 0 Å². The van der Waals surface area contributed by atoms with Gasteiger partial charge in [-0.15, -0.1) is 6.58 Å². The molecule has 0 unspecified atom stereocenters. The van der Waals surface area contributed by atoms with Gasteiger partial charge in [-0.05, 0) is 6.07 Å². The molecule has 0 aromatic heterocycles. The zero-order chi connectivity index (χ0) is 11.3. The molecule has 1 N–H and O–H groups in total. The minimum atomic E-state index is -0.476. The van der Waals surface area contributed by atoms with Crippen LogP contribution in [0.15, 0.2) is 30.9 Å². The summed E-state index contributed by atoms with van der Waals surface area (Å²) in [7, 11) is 1.40. The maximum absolute atomic E-state index is 10.6. The minimum absolute atomic E-state index is 0.0401. The third-order valence-electron chi connectivity index (χ3n) is 1.83. The molecule has 0 saturated heterocycles. The van der Waals surface area contributed by atoms with Crippen LogP contribution in [-0.4, -0.2) is 18.6 Å². The second-order valence-electron chi connectivity index (χ2n) is 2.81. The molecule has 1 aromatic rings. The Kier molecular flexibility index (Phi) is 3.68. The molecule has 1 aromatic carbocycles. The van der Waals surface area contributed by atoms with Crippen LogP contribution in [0.5, 0.6) is 5.75 Å². The largest absolute Gasteiger partial charge is 0.490 e. The molecule has 0 spiro atoms. The van der Waals surface area contributed by atoms with Crippen molar-refractivity contribution < 1.29 is 9.66 Å². The van der Waals surface area contributed by atoms with Crippen molar-refractivity contribution >= 4 is 11.4 Å². The van der Waals surface area contributed by atoms with E-state index in [1.54, 1.807) is 18.2 Å². The van der Waals surface area contributed by atoms with Crippen LogP contribution >= 0.6 is 0 Å². The van der Waals surface area contributed by atoms with Gasteiger partial charge < -0.3 is 10.1 Å². The number of ether oxygens (including phenoxy) is 1. The smallest absolute Gasteiger partial charge is 0.311 e. The molecule has 5 nitrogen and oxygen atoms in total. The number of rotatable bonds is 5. The average molecular weight is 208 g/mol. The number of nitro benzene ring substituents is 1. The highest BCUT2D eigenvalue weighted by atomic mass is 16.6. The topological polar surface area (TPSA) is 64.4 Å². The zero-order valence-electron chi connectivity index (χ0n) is 8.40. The third kappa shape index (κ3) is 2.70. The highest BCUT2D eigenvalue weighted by Gasteiger charge is 2.14. The van der Waals surface area contributed by atoms with Crippen LogP contribution in [0.1, 0.15) is 0 Å². The van der Waals surface area contributed by atoms with Crippen molar-refractivity contribution in [3.63, 3.8) is 0 Å². The summed E-state index contributed by atoms with van der Waals surface area (Å²) in [5.41, 5.74) is 0.721. The molecule has 0 aliphatic rings. The van der Waals surface area contributed by atoms with Crippen LogP contribution < -0.4 is 10.1 Å². The summed E-state index contributed by atoms with van der Waals surface area (Å²) < 4.78 is 4.92. The molecule has 0 radical (unpaired) electrons. The lowest BCUT2D eigenvalue weighted by Crippen LogP contribution is -1.99. The molecule has 0 saturated carbocycles. The second-order valence-corrected chi connectivity index (χ2v) is 2.81. The van der Waals surface area contributed by atoms with Crippen molar-refractivity contribution in [1.29, 1.82) is 0 Å². The Morgan fingerprint density at radius 2 is 2.40 bits per heavy atom. The van der Waals surface area contributed by atoms with Crippen LogP contribution in [-0.2, 0) is 0 Å². The number of hydrogen-bond donors (Lipinski definition) is 1. The van der Waals surface area contributed by atoms with Gasteiger partial charge in [-0.1, -0.05) is 6.08 Å². The Morgan fingerprint density at radius 1 is 1.67 bits per heavy atom. The molecule has 1 rings (SSSR count). The first-order valence-electron chi connectivity index (χ1n) is 4.36. The van der Waals surface area contributed by atoms with Crippen LogP contribution in [0.25, 0.3) is 0 Å². The quantitative estimate of drug-likeness (QED) is 0.457. The third-order valence-corrected chi connectivity index (χ3v) is 1.83. The Labute approximate surface area is 87.5 Å². The van der Waals surface area contributed by atoms with Gasteiger partial charge in [0.1, 0.15) is 0 Å². The van der Waals surface area contributed by atoms with E-state index in [1.165, 1.54) is 13.2 Å². The summed E-state index contributed by atoms with van der Waals surface area (Å²) in [6, 6.07) is 4.62. The molecule has 0 aliphatic heterocycles. The first-order valence-corrected chi connectivity index (χ1v) is 4.36. The Bertz CT molecular complexity index is 377. The van der Waals surface area contributed by atoms with Crippen LogP contribution in [0.3, 0.4) is 0 Å². The highest BCUT2D eigenvalue weighted by Crippen LogP contribution is 2.29. The number of methoxy groups -OCH3 is 1. The van der Waals surface area contributed by atoms with Gasteiger partial charge in [-0.2, -0.15) is 0 Å². The molecule has 15 heavy (non-hydrogen) atoms. The van der Waals surface area contributed by atoms with Crippen LogP contribution in [0.4, 0.5) is 11.4 Å². The van der Waals surface area contributed by atoms with Crippen LogP contribution in [0, 0.1) is 10.1 Å². The number of nitrogens with zero attached hydrogens (tertiary/aromatic N) is 1. The van der Waals surface area contributed by atoms with Gasteiger partial charge >= 0.3 is 5.69 Å². The van der Waals surface area contributed by atoms with Crippen molar-refractivity contribution in [2.45, 2.75) is 0 Å². The molecule has 0 atom stereocenters. The Morgan fingerprint density at radius 3 is 2.93 bits per heavy atom. The van der Waals surface area contributed by atoms with E-state index in [4.69, 9.17) is 4.74 Å². The van der Waals surface area contributed by atoms with E-state index in [1.807, 2.05) is 0 Å². The maximum atomic E-state index is 10.6. The summed E-state index contributed by atoms with van der Waals surface area (Å²) in [5.74, 6) is 0.245. The highest BCUT2D eigenvalue weighted by molar-refractivity contribution is 5.58. The van der Waals surface area contributed by atoms with E-state index in [2.05, 4.69) is 11.9 Å². The molecule has 0 amide bonds.